The first-order chi connectivity index (χ1) is 10.8. The molecule has 4 aromatic heterocycles. The zero-order valence-corrected chi connectivity index (χ0v) is 12.6. The van der Waals surface area contributed by atoms with Gasteiger partial charge in [0.2, 0.25) is 5.82 Å². The summed E-state index contributed by atoms with van der Waals surface area (Å²) in [5.74, 6) is 1.66. The zero-order valence-electron chi connectivity index (χ0n) is 11.0. The predicted molar refractivity (Wildman–Crippen MR) is 83.0 cm³/mol. The van der Waals surface area contributed by atoms with E-state index in [1.807, 2.05) is 30.5 Å². The third-order valence-corrected chi connectivity index (χ3v) is 4.17. The summed E-state index contributed by atoms with van der Waals surface area (Å²) in [5.41, 5.74) is 0.772. The van der Waals surface area contributed by atoms with Crippen LogP contribution >= 0.6 is 22.9 Å². The van der Waals surface area contributed by atoms with Crippen molar-refractivity contribution in [3.05, 3.63) is 53.3 Å². The van der Waals surface area contributed by atoms with Crippen molar-refractivity contribution in [2.75, 3.05) is 0 Å². The fourth-order valence-electron chi connectivity index (χ4n) is 1.93. The summed E-state index contributed by atoms with van der Waals surface area (Å²) in [7, 11) is 0. The molecule has 4 heterocycles. The third-order valence-electron chi connectivity index (χ3n) is 2.96. The first-order valence-electron chi connectivity index (χ1n) is 6.35. The van der Waals surface area contributed by atoms with E-state index < -0.39 is 0 Å². The average Bonchev–Trinajstić information content (AvgIpc) is 3.28. The van der Waals surface area contributed by atoms with Gasteiger partial charge < -0.3 is 4.52 Å². The number of hydrogen-bond acceptors (Lipinski definition) is 6. The van der Waals surface area contributed by atoms with Gasteiger partial charge in [0.05, 0.1) is 9.21 Å². The highest BCUT2D eigenvalue weighted by atomic mass is 35.5. The summed E-state index contributed by atoms with van der Waals surface area (Å²) in [6.07, 6.45) is 5.22. The van der Waals surface area contributed by atoms with Crippen LogP contribution in [0.2, 0.25) is 4.34 Å². The molecule has 0 unspecified atom stereocenters. The zero-order chi connectivity index (χ0) is 14.9. The number of pyridine rings is 1. The Hall–Kier alpha value is -2.51. The van der Waals surface area contributed by atoms with Crippen molar-refractivity contribution >= 4 is 22.9 Å². The van der Waals surface area contributed by atoms with E-state index in [1.54, 1.807) is 23.1 Å². The average molecular weight is 330 g/mol. The fraction of sp³-hybridized carbons (Fsp3) is 0. The monoisotopic (exact) mass is 329 g/mol. The quantitative estimate of drug-likeness (QED) is 0.573. The standard InChI is InChI=1S/C14H8ClN5OS/c15-11-4-3-10(22-11)14-18-13(19-21-14)9-2-5-12(16-8-9)20-7-1-6-17-20/h1-8H. The summed E-state index contributed by atoms with van der Waals surface area (Å²) in [4.78, 5) is 9.55. The van der Waals surface area contributed by atoms with Crippen molar-refractivity contribution in [1.29, 1.82) is 0 Å². The van der Waals surface area contributed by atoms with Gasteiger partial charge in [-0.3, -0.25) is 0 Å². The smallest absolute Gasteiger partial charge is 0.268 e. The summed E-state index contributed by atoms with van der Waals surface area (Å²) < 4.78 is 7.63. The van der Waals surface area contributed by atoms with Gasteiger partial charge in [0, 0.05) is 24.2 Å². The van der Waals surface area contributed by atoms with Gasteiger partial charge in [0.25, 0.3) is 5.89 Å². The van der Waals surface area contributed by atoms with E-state index in [9.17, 15) is 0 Å². The maximum absolute atomic E-state index is 5.91. The summed E-state index contributed by atoms with van der Waals surface area (Å²) in [6, 6.07) is 9.21. The molecule has 0 radical (unpaired) electrons. The van der Waals surface area contributed by atoms with Gasteiger partial charge in [-0.25, -0.2) is 9.67 Å². The van der Waals surface area contributed by atoms with Crippen LogP contribution in [0.5, 0.6) is 0 Å². The van der Waals surface area contributed by atoms with Crippen LogP contribution in [0.4, 0.5) is 0 Å². The summed E-state index contributed by atoms with van der Waals surface area (Å²) >= 11 is 7.30. The Bertz CT molecular complexity index is 898. The van der Waals surface area contributed by atoms with E-state index in [-0.39, 0.29) is 0 Å². The van der Waals surface area contributed by atoms with E-state index in [1.165, 1.54) is 11.3 Å². The van der Waals surface area contributed by atoms with Gasteiger partial charge >= 0.3 is 0 Å². The molecule has 0 N–H and O–H groups in total. The number of nitrogens with zero attached hydrogens (tertiary/aromatic N) is 5. The highest BCUT2D eigenvalue weighted by molar-refractivity contribution is 7.19. The van der Waals surface area contributed by atoms with Gasteiger partial charge in [-0.05, 0) is 30.3 Å². The molecule has 4 aromatic rings. The van der Waals surface area contributed by atoms with E-state index in [0.29, 0.717) is 16.1 Å². The molecule has 0 amide bonds. The van der Waals surface area contributed by atoms with E-state index in [4.69, 9.17) is 16.1 Å². The van der Waals surface area contributed by atoms with Crippen molar-refractivity contribution in [3.63, 3.8) is 0 Å². The molecule has 0 aromatic carbocycles. The van der Waals surface area contributed by atoms with Gasteiger partial charge in [0.15, 0.2) is 5.82 Å². The second-order valence-corrected chi connectivity index (χ2v) is 6.10. The Kier molecular flexibility index (Phi) is 3.21. The van der Waals surface area contributed by atoms with Crippen molar-refractivity contribution in [2.24, 2.45) is 0 Å². The van der Waals surface area contributed by atoms with Crippen LogP contribution in [0.1, 0.15) is 0 Å². The second kappa shape index (κ2) is 5.36. The highest BCUT2D eigenvalue weighted by Gasteiger charge is 2.13. The Labute approximate surface area is 134 Å². The summed E-state index contributed by atoms with van der Waals surface area (Å²) in [6.45, 7) is 0. The maximum Gasteiger partial charge on any atom is 0.268 e. The Morgan fingerprint density at radius 2 is 2.14 bits per heavy atom. The molecule has 0 aliphatic carbocycles. The van der Waals surface area contributed by atoms with Crippen LogP contribution in [-0.2, 0) is 0 Å². The number of aromatic nitrogens is 5. The largest absolute Gasteiger partial charge is 0.333 e. The van der Waals surface area contributed by atoms with Crippen LogP contribution in [0.15, 0.2) is 53.4 Å². The van der Waals surface area contributed by atoms with Crippen molar-refractivity contribution in [1.82, 2.24) is 24.9 Å². The Balaban J connectivity index is 1.64. The topological polar surface area (TPSA) is 69.6 Å². The van der Waals surface area contributed by atoms with Crippen LogP contribution in [-0.4, -0.2) is 24.9 Å². The Morgan fingerprint density at radius 3 is 2.82 bits per heavy atom. The molecular formula is C14H8ClN5OS. The molecule has 0 bridgehead atoms. The molecular weight excluding hydrogens is 322 g/mol. The van der Waals surface area contributed by atoms with Gasteiger partial charge in [-0.1, -0.05) is 16.8 Å². The lowest BCUT2D eigenvalue weighted by atomic mass is 10.2. The SMILES string of the molecule is Clc1ccc(-c2nc(-c3ccc(-n4cccn4)nc3)no2)s1. The lowest BCUT2D eigenvalue weighted by Gasteiger charge is -2.00. The van der Waals surface area contributed by atoms with Gasteiger partial charge in [0.1, 0.15) is 0 Å². The number of rotatable bonds is 3. The van der Waals surface area contributed by atoms with E-state index >= 15 is 0 Å². The lowest BCUT2D eigenvalue weighted by molar-refractivity contribution is 0.433. The number of halogens is 1. The minimum atomic E-state index is 0.447. The van der Waals surface area contributed by atoms with Crippen LogP contribution in [0.3, 0.4) is 0 Å². The third kappa shape index (κ3) is 2.40. The maximum atomic E-state index is 5.91. The molecule has 0 saturated carbocycles. The van der Waals surface area contributed by atoms with Gasteiger partial charge in [-0.2, -0.15) is 10.1 Å². The molecule has 108 valence electrons. The molecule has 22 heavy (non-hydrogen) atoms. The number of hydrogen-bond donors (Lipinski definition) is 0. The minimum Gasteiger partial charge on any atom is -0.333 e. The van der Waals surface area contributed by atoms with Crippen LogP contribution < -0.4 is 0 Å². The molecule has 8 heteroatoms. The van der Waals surface area contributed by atoms with E-state index in [2.05, 4.69) is 20.2 Å². The minimum absolute atomic E-state index is 0.447. The Morgan fingerprint density at radius 1 is 1.18 bits per heavy atom. The molecule has 6 nitrogen and oxygen atoms in total. The molecule has 0 spiro atoms. The fourth-order valence-corrected chi connectivity index (χ4v) is 2.89. The molecule has 0 saturated heterocycles. The second-order valence-electron chi connectivity index (χ2n) is 4.38. The normalized spacial score (nSPS) is 11.0. The predicted octanol–water partition coefficient (Wildman–Crippen LogP) is 3.70. The first-order valence-corrected chi connectivity index (χ1v) is 7.55. The number of thiophene rings is 1. The molecule has 4 rings (SSSR count). The highest BCUT2D eigenvalue weighted by Crippen LogP contribution is 2.30. The first kappa shape index (κ1) is 13.2. The lowest BCUT2D eigenvalue weighted by Crippen LogP contribution is -1.97. The van der Waals surface area contributed by atoms with Gasteiger partial charge in [-0.15, -0.1) is 11.3 Å². The molecule has 0 aliphatic heterocycles. The van der Waals surface area contributed by atoms with Crippen molar-refractivity contribution < 1.29 is 4.52 Å². The molecule has 0 atom stereocenters. The molecule has 0 aliphatic rings. The molecule has 0 fully saturated rings. The van der Waals surface area contributed by atoms with E-state index in [0.717, 1.165) is 16.3 Å². The summed E-state index contributed by atoms with van der Waals surface area (Å²) in [5, 5.41) is 8.11. The van der Waals surface area contributed by atoms with Crippen molar-refractivity contribution in [2.45, 2.75) is 0 Å². The van der Waals surface area contributed by atoms with Crippen molar-refractivity contribution in [3.8, 4) is 28.0 Å². The van der Waals surface area contributed by atoms with Crippen LogP contribution in [0.25, 0.3) is 28.0 Å². The van der Waals surface area contributed by atoms with Crippen LogP contribution in [0, 0.1) is 0 Å².